The largest absolute Gasteiger partial charge is 0.497 e. The third-order valence-electron chi connectivity index (χ3n) is 5.97. The molecular formula is C23H26N2O3. The van der Waals surface area contributed by atoms with Crippen molar-refractivity contribution >= 4 is 11.8 Å². The first kappa shape index (κ1) is 18.5. The lowest BCUT2D eigenvalue weighted by molar-refractivity contribution is -0.149. The Labute approximate surface area is 165 Å². The molecule has 0 aliphatic carbocycles. The van der Waals surface area contributed by atoms with Crippen molar-refractivity contribution in [3.05, 3.63) is 65.2 Å². The van der Waals surface area contributed by atoms with Gasteiger partial charge in [0.25, 0.3) is 0 Å². The molecule has 0 N–H and O–H groups in total. The number of fused-ring (bicyclic) bond motifs is 3. The van der Waals surface area contributed by atoms with E-state index in [0.717, 1.165) is 24.3 Å². The zero-order valence-electron chi connectivity index (χ0n) is 16.4. The van der Waals surface area contributed by atoms with Gasteiger partial charge in [0.2, 0.25) is 11.8 Å². The fraction of sp³-hybridized carbons (Fsp3) is 0.391. The lowest BCUT2D eigenvalue weighted by Gasteiger charge is -2.44. The average Bonchev–Trinajstić information content (AvgIpc) is 2.73. The molecule has 0 spiro atoms. The van der Waals surface area contributed by atoms with Crippen molar-refractivity contribution in [1.82, 2.24) is 9.80 Å². The molecule has 2 aromatic carbocycles. The van der Waals surface area contributed by atoms with Crippen LogP contribution in [0.4, 0.5) is 0 Å². The van der Waals surface area contributed by atoms with Gasteiger partial charge in [-0.1, -0.05) is 43.3 Å². The standard InChI is InChI=1S/C23H26N2O3/c1-16(17-7-9-19(28-2)10-8-17)13-22(26)24-14-21-20-6-4-3-5-18(20)11-12-25(21)23(27)15-24/h3-10,16,21H,11-15H2,1-2H3. The topological polar surface area (TPSA) is 49.9 Å². The second kappa shape index (κ2) is 7.66. The Kier molecular flexibility index (Phi) is 5.07. The van der Waals surface area contributed by atoms with E-state index in [4.69, 9.17) is 4.74 Å². The molecule has 5 nitrogen and oxygen atoms in total. The average molecular weight is 378 g/mol. The normalized spacial score (nSPS) is 19.6. The summed E-state index contributed by atoms with van der Waals surface area (Å²) in [4.78, 5) is 29.4. The molecule has 0 radical (unpaired) electrons. The number of rotatable bonds is 4. The molecule has 28 heavy (non-hydrogen) atoms. The van der Waals surface area contributed by atoms with Crippen LogP contribution < -0.4 is 4.74 Å². The Morgan fingerprint density at radius 1 is 1.18 bits per heavy atom. The lowest BCUT2D eigenvalue weighted by Crippen LogP contribution is -2.55. The van der Waals surface area contributed by atoms with Crippen LogP contribution in [0.2, 0.25) is 0 Å². The second-order valence-corrected chi connectivity index (χ2v) is 7.70. The highest BCUT2D eigenvalue weighted by molar-refractivity contribution is 5.87. The number of benzene rings is 2. The Morgan fingerprint density at radius 2 is 1.93 bits per heavy atom. The van der Waals surface area contributed by atoms with Crippen molar-refractivity contribution in [2.24, 2.45) is 0 Å². The minimum absolute atomic E-state index is 0.0218. The van der Waals surface area contributed by atoms with Gasteiger partial charge >= 0.3 is 0 Å². The van der Waals surface area contributed by atoms with E-state index in [1.807, 2.05) is 48.2 Å². The summed E-state index contributed by atoms with van der Waals surface area (Å²) in [5.41, 5.74) is 3.57. The fourth-order valence-electron chi connectivity index (χ4n) is 4.31. The van der Waals surface area contributed by atoms with Crippen LogP contribution in [0.15, 0.2) is 48.5 Å². The highest BCUT2D eigenvalue weighted by Gasteiger charge is 2.38. The molecule has 1 fully saturated rings. The number of amides is 2. The van der Waals surface area contributed by atoms with Crippen LogP contribution in [-0.2, 0) is 16.0 Å². The number of nitrogens with zero attached hydrogens (tertiary/aromatic N) is 2. The monoisotopic (exact) mass is 378 g/mol. The number of carbonyl (C=O) groups is 2. The molecule has 0 bridgehead atoms. The summed E-state index contributed by atoms with van der Waals surface area (Å²) in [5.74, 6) is 0.987. The zero-order valence-corrected chi connectivity index (χ0v) is 16.4. The highest BCUT2D eigenvalue weighted by Crippen LogP contribution is 2.33. The van der Waals surface area contributed by atoms with Crippen LogP contribution in [0, 0.1) is 0 Å². The van der Waals surface area contributed by atoms with Crippen molar-refractivity contribution in [1.29, 1.82) is 0 Å². The third kappa shape index (κ3) is 3.49. The SMILES string of the molecule is COc1ccc(C(C)CC(=O)N2CC(=O)N3CCc4ccccc4C3C2)cc1. The maximum atomic E-state index is 13.0. The first-order valence-corrected chi connectivity index (χ1v) is 9.86. The van der Waals surface area contributed by atoms with E-state index in [9.17, 15) is 9.59 Å². The fourth-order valence-corrected chi connectivity index (χ4v) is 4.31. The van der Waals surface area contributed by atoms with Gasteiger partial charge in [-0.2, -0.15) is 0 Å². The molecule has 1 saturated heterocycles. The molecule has 2 unspecified atom stereocenters. The van der Waals surface area contributed by atoms with E-state index >= 15 is 0 Å². The first-order chi connectivity index (χ1) is 13.6. The van der Waals surface area contributed by atoms with Gasteiger partial charge in [0.1, 0.15) is 5.75 Å². The quantitative estimate of drug-likeness (QED) is 0.821. The molecular weight excluding hydrogens is 352 g/mol. The molecule has 2 aliphatic rings. The first-order valence-electron chi connectivity index (χ1n) is 9.86. The number of piperazine rings is 1. The Hall–Kier alpha value is -2.82. The van der Waals surface area contributed by atoms with Crippen LogP contribution in [0.5, 0.6) is 5.75 Å². The molecule has 2 heterocycles. The van der Waals surface area contributed by atoms with Crippen LogP contribution >= 0.6 is 0 Å². The van der Waals surface area contributed by atoms with Gasteiger partial charge in [-0.3, -0.25) is 9.59 Å². The number of carbonyl (C=O) groups excluding carboxylic acids is 2. The molecule has 2 atom stereocenters. The summed E-state index contributed by atoms with van der Waals surface area (Å²) < 4.78 is 5.20. The lowest BCUT2D eigenvalue weighted by atomic mass is 9.90. The number of hydrogen-bond donors (Lipinski definition) is 0. The van der Waals surface area contributed by atoms with Crippen LogP contribution in [0.3, 0.4) is 0 Å². The molecule has 2 aromatic rings. The number of methoxy groups -OCH3 is 1. The number of ether oxygens (including phenoxy) is 1. The van der Waals surface area contributed by atoms with Gasteiger partial charge < -0.3 is 14.5 Å². The Morgan fingerprint density at radius 3 is 2.68 bits per heavy atom. The predicted molar refractivity (Wildman–Crippen MR) is 107 cm³/mol. The Bertz CT molecular complexity index is 878. The van der Waals surface area contributed by atoms with Crippen LogP contribution in [0.25, 0.3) is 0 Å². The molecule has 4 rings (SSSR count). The molecule has 5 heteroatoms. The second-order valence-electron chi connectivity index (χ2n) is 7.70. The van der Waals surface area contributed by atoms with Gasteiger partial charge in [-0.25, -0.2) is 0 Å². The van der Waals surface area contributed by atoms with E-state index in [1.165, 1.54) is 11.1 Å². The summed E-state index contributed by atoms with van der Waals surface area (Å²) in [6.45, 7) is 3.56. The van der Waals surface area contributed by atoms with Gasteiger partial charge in [-0.15, -0.1) is 0 Å². The van der Waals surface area contributed by atoms with Crippen LogP contribution in [-0.4, -0.2) is 48.4 Å². The van der Waals surface area contributed by atoms with Gasteiger partial charge in [0, 0.05) is 19.5 Å². The molecule has 146 valence electrons. The highest BCUT2D eigenvalue weighted by atomic mass is 16.5. The van der Waals surface area contributed by atoms with E-state index in [0.29, 0.717) is 13.0 Å². The van der Waals surface area contributed by atoms with E-state index < -0.39 is 0 Å². The predicted octanol–water partition coefficient (Wildman–Crippen LogP) is 3.16. The van der Waals surface area contributed by atoms with Crippen molar-refractivity contribution in [2.45, 2.75) is 31.7 Å². The summed E-state index contributed by atoms with van der Waals surface area (Å²) in [6, 6.07) is 16.1. The van der Waals surface area contributed by atoms with Gasteiger partial charge in [-0.05, 0) is 41.2 Å². The van der Waals surface area contributed by atoms with Crippen molar-refractivity contribution < 1.29 is 14.3 Å². The maximum absolute atomic E-state index is 13.0. The van der Waals surface area contributed by atoms with E-state index in [2.05, 4.69) is 12.1 Å². The number of hydrogen-bond acceptors (Lipinski definition) is 3. The molecule has 0 aromatic heterocycles. The van der Waals surface area contributed by atoms with Crippen molar-refractivity contribution in [2.75, 3.05) is 26.7 Å². The molecule has 2 aliphatic heterocycles. The molecule has 2 amide bonds. The minimum atomic E-state index is -0.0218. The summed E-state index contributed by atoms with van der Waals surface area (Å²) in [7, 11) is 1.64. The zero-order chi connectivity index (χ0) is 19.7. The Balaban J connectivity index is 1.47. The minimum Gasteiger partial charge on any atom is -0.497 e. The van der Waals surface area contributed by atoms with E-state index in [1.54, 1.807) is 12.0 Å². The van der Waals surface area contributed by atoms with Crippen molar-refractivity contribution in [3.63, 3.8) is 0 Å². The summed E-state index contributed by atoms with van der Waals surface area (Å²) >= 11 is 0. The molecule has 0 saturated carbocycles. The summed E-state index contributed by atoms with van der Waals surface area (Å²) in [6.07, 6.45) is 1.29. The summed E-state index contributed by atoms with van der Waals surface area (Å²) in [5, 5.41) is 0. The van der Waals surface area contributed by atoms with E-state index in [-0.39, 0.29) is 30.3 Å². The smallest absolute Gasteiger partial charge is 0.242 e. The van der Waals surface area contributed by atoms with Crippen LogP contribution in [0.1, 0.15) is 42.0 Å². The van der Waals surface area contributed by atoms with Gasteiger partial charge in [0.05, 0.1) is 19.7 Å². The third-order valence-corrected chi connectivity index (χ3v) is 5.97. The maximum Gasteiger partial charge on any atom is 0.242 e. The van der Waals surface area contributed by atoms with Gasteiger partial charge in [0.15, 0.2) is 0 Å². The van der Waals surface area contributed by atoms with Crippen molar-refractivity contribution in [3.8, 4) is 5.75 Å².